The van der Waals surface area contributed by atoms with Gasteiger partial charge in [0.1, 0.15) is 11.7 Å². The highest BCUT2D eigenvalue weighted by atomic mass is 35.5. The molecule has 0 unspecified atom stereocenters. The fourth-order valence-electron chi connectivity index (χ4n) is 1.14. The first-order chi connectivity index (χ1) is 8.56. The van der Waals surface area contributed by atoms with E-state index in [0.29, 0.717) is 0 Å². The summed E-state index contributed by atoms with van der Waals surface area (Å²) in [6.45, 7) is 6.39. The number of carbonyl (C=O) groups excluding carboxylic acids is 3. The lowest BCUT2D eigenvalue weighted by Gasteiger charge is -2.25. The van der Waals surface area contributed by atoms with Crippen LogP contribution < -0.4 is 5.32 Å². The number of halogens is 1. The first kappa shape index (κ1) is 17.5. The molecular formula is C11H18ClNO6. The van der Waals surface area contributed by atoms with Crippen LogP contribution in [0.25, 0.3) is 0 Å². The Morgan fingerprint density at radius 3 is 2.11 bits per heavy atom. The maximum atomic E-state index is 11.6. The zero-order chi connectivity index (χ0) is 15.2. The van der Waals surface area contributed by atoms with Gasteiger partial charge in [-0.1, -0.05) is 0 Å². The van der Waals surface area contributed by atoms with Gasteiger partial charge in [-0.15, -0.1) is 0 Å². The summed E-state index contributed by atoms with van der Waals surface area (Å²) in [5.41, 5.74) is -1.82. The smallest absolute Gasteiger partial charge is 0.408 e. The van der Waals surface area contributed by atoms with Crippen molar-refractivity contribution in [2.75, 3.05) is 7.11 Å². The van der Waals surface area contributed by atoms with Crippen molar-refractivity contribution in [3.63, 3.8) is 0 Å². The van der Waals surface area contributed by atoms with E-state index in [4.69, 9.17) is 16.3 Å². The molecule has 0 aromatic heterocycles. The van der Waals surface area contributed by atoms with Crippen LogP contribution in [-0.2, 0) is 19.0 Å². The average molecular weight is 296 g/mol. The molecular weight excluding hydrogens is 278 g/mol. The van der Waals surface area contributed by atoms with Crippen LogP contribution in [0.3, 0.4) is 0 Å². The number of amides is 1. The molecule has 2 atom stereocenters. The van der Waals surface area contributed by atoms with Gasteiger partial charge in [0.05, 0.1) is 7.11 Å². The summed E-state index contributed by atoms with van der Waals surface area (Å²) >= 11 is 5.05. The van der Waals surface area contributed by atoms with Gasteiger partial charge < -0.3 is 19.5 Å². The zero-order valence-corrected chi connectivity index (χ0v) is 12.2. The Morgan fingerprint density at radius 1 is 1.21 bits per heavy atom. The van der Waals surface area contributed by atoms with Gasteiger partial charge in [0, 0.05) is 11.6 Å². The van der Waals surface area contributed by atoms with Crippen molar-refractivity contribution in [1.82, 2.24) is 5.32 Å². The van der Waals surface area contributed by atoms with Crippen LogP contribution in [0.1, 0.15) is 27.7 Å². The predicted molar refractivity (Wildman–Crippen MR) is 67.0 cm³/mol. The van der Waals surface area contributed by atoms with E-state index in [2.05, 4.69) is 14.8 Å². The molecule has 0 radical (unpaired) electrons. The van der Waals surface area contributed by atoms with Crippen molar-refractivity contribution < 1.29 is 28.6 Å². The van der Waals surface area contributed by atoms with E-state index < -0.39 is 35.2 Å². The van der Waals surface area contributed by atoms with Gasteiger partial charge >= 0.3 is 17.5 Å². The maximum Gasteiger partial charge on any atom is 0.408 e. The number of alkyl carbamates (subject to hydrolysis) is 1. The summed E-state index contributed by atoms with van der Waals surface area (Å²) in [6, 6.07) is -1.21. The lowest BCUT2D eigenvalue weighted by molar-refractivity contribution is -0.145. The fourth-order valence-corrected chi connectivity index (χ4v) is 1.28. The number of methoxy groups -OCH3 is 1. The van der Waals surface area contributed by atoms with Crippen molar-refractivity contribution in [2.45, 2.75) is 45.4 Å². The average Bonchev–Trinajstić information content (AvgIpc) is 2.21. The molecule has 1 amide bonds. The Kier molecular flexibility index (Phi) is 6.61. The van der Waals surface area contributed by atoms with E-state index in [9.17, 15) is 14.4 Å². The number of carbonyl (C=O) groups is 3. The SMILES string of the molecule is COC(=O)[C@@H](NC(=O)OC(C)(C)C)[C@@H](C)OC(=O)Cl. The molecule has 19 heavy (non-hydrogen) atoms. The molecule has 0 bridgehead atoms. The molecule has 0 saturated heterocycles. The summed E-state index contributed by atoms with van der Waals surface area (Å²) in [6.07, 6.45) is -1.83. The minimum Gasteiger partial charge on any atom is -0.467 e. The van der Waals surface area contributed by atoms with E-state index in [-0.39, 0.29) is 0 Å². The Bertz CT molecular complexity index is 352. The fraction of sp³-hybridized carbons (Fsp3) is 0.727. The number of ether oxygens (including phenoxy) is 3. The van der Waals surface area contributed by atoms with Gasteiger partial charge in [0.2, 0.25) is 0 Å². The normalized spacial score (nSPS) is 14.0. The standard InChI is InChI=1S/C11H18ClNO6/c1-6(18-9(12)15)7(8(14)17-5)13-10(16)19-11(2,3)4/h6-7H,1-5H3,(H,13,16)/t6-,7+/m1/s1. The van der Waals surface area contributed by atoms with E-state index >= 15 is 0 Å². The quantitative estimate of drug-likeness (QED) is 0.483. The highest BCUT2D eigenvalue weighted by molar-refractivity contribution is 6.61. The van der Waals surface area contributed by atoms with Crippen molar-refractivity contribution in [3.05, 3.63) is 0 Å². The summed E-state index contributed by atoms with van der Waals surface area (Å²) in [4.78, 5) is 33.7. The van der Waals surface area contributed by atoms with Crippen LogP contribution in [-0.4, -0.2) is 42.3 Å². The molecule has 0 aromatic rings. The van der Waals surface area contributed by atoms with Gasteiger partial charge in [-0.05, 0) is 27.7 Å². The molecule has 0 fully saturated rings. The van der Waals surface area contributed by atoms with Crippen LogP contribution >= 0.6 is 11.6 Å². The van der Waals surface area contributed by atoms with Crippen LogP contribution in [0, 0.1) is 0 Å². The molecule has 0 saturated carbocycles. The topological polar surface area (TPSA) is 90.9 Å². The number of rotatable bonds is 4. The Hall–Kier alpha value is -1.50. The van der Waals surface area contributed by atoms with E-state index in [1.54, 1.807) is 20.8 Å². The Morgan fingerprint density at radius 2 is 1.74 bits per heavy atom. The number of hydrogen-bond donors (Lipinski definition) is 1. The van der Waals surface area contributed by atoms with Gasteiger partial charge in [0.25, 0.3) is 0 Å². The van der Waals surface area contributed by atoms with Crippen LogP contribution in [0.5, 0.6) is 0 Å². The number of hydrogen-bond acceptors (Lipinski definition) is 6. The molecule has 0 aliphatic heterocycles. The van der Waals surface area contributed by atoms with Gasteiger partial charge in [0.15, 0.2) is 6.04 Å². The van der Waals surface area contributed by atoms with Crippen LogP contribution in [0.15, 0.2) is 0 Å². The Balaban J connectivity index is 4.73. The van der Waals surface area contributed by atoms with Crippen molar-refractivity contribution >= 4 is 29.1 Å². The molecule has 110 valence electrons. The number of nitrogens with one attached hydrogen (secondary N) is 1. The van der Waals surface area contributed by atoms with Crippen molar-refractivity contribution in [1.29, 1.82) is 0 Å². The zero-order valence-electron chi connectivity index (χ0n) is 11.5. The van der Waals surface area contributed by atoms with Crippen LogP contribution in [0.4, 0.5) is 9.59 Å². The second-order valence-corrected chi connectivity index (χ2v) is 5.02. The molecule has 0 aliphatic rings. The highest BCUT2D eigenvalue weighted by Crippen LogP contribution is 2.09. The molecule has 7 nitrogen and oxygen atoms in total. The molecule has 0 rings (SSSR count). The van der Waals surface area contributed by atoms with Gasteiger partial charge in [-0.2, -0.15) is 0 Å². The van der Waals surface area contributed by atoms with Gasteiger partial charge in [-0.3, -0.25) is 0 Å². The molecule has 0 aromatic carbocycles. The van der Waals surface area contributed by atoms with E-state index in [1.165, 1.54) is 6.92 Å². The van der Waals surface area contributed by atoms with Crippen molar-refractivity contribution in [2.24, 2.45) is 0 Å². The second kappa shape index (κ2) is 7.18. The first-order valence-electron chi connectivity index (χ1n) is 5.50. The minimum atomic E-state index is -1.21. The third kappa shape index (κ3) is 7.50. The molecule has 0 spiro atoms. The second-order valence-electron chi connectivity index (χ2n) is 4.71. The molecule has 0 aliphatic carbocycles. The third-order valence-electron chi connectivity index (χ3n) is 1.88. The monoisotopic (exact) mass is 295 g/mol. The molecule has 8 heteroatoms. The number of esters is 1. The van der Waals surface area contributed by atoms with Gasteiger partial charge in [-0.25, -0.2) is 14.4 Å². The lowest BCUT2D eigenvalue weighted by atomic mass is 10.2. The maximum absolute atomic E-state index is 11.6. The van der Waals surface area contributed by atoms with E-state index in [1.807, 2.05) is 0 Å². The third-order valence-corrected chi connectivity index (χ3v) is 1.96. The molecule has 0 heterocycles. The minimum absolute atomic E-state index is 0.725. The summed E-state index contributed by atoms with van der Waals surface area (Å²) < 4.78 is 14.1. The Labute approximate surface area is 116 Å². The highest BCUT2D eigenvalue weighted by Gasteiger charge is 2.32. The summed E-state index contributed by atoms with van der Waals surface area (Å²) in [7, 11) is 1.14. The summed E-state index contributed by atoms with van der Waals surface area (Å²) in [5.74, 6) is -0.781. The largest absolute Gasteiger partial charge is 0.467 e. The lowest BCUT2D eigenvalue weighted by Crippen LogP contribution is -2.50. The van der Waals surface area contributed by atoms with Crippen molar-refractivity contribution in [3.8, 4) is 0 Å². The summed E-state index contributed by atoms with van der Waals surface area (Å²) in [5, 5.41) is 2.26. The van der Waals surface area contributed by atoms with E-state index in [0.717, 1.165) is 7.11 Å². The van der Waals surface area contributed by atoms with Crippen LogP contribution in [0.2, 0.25) is 0 Å². The molecule has 1 N–H and O–H groups in total. The predicted octanol–water partition coefficient (Wildman–Crippen LogP) is 1.82. The first-order valence-corrected chi connectivity index (χ1v) is 5.88.